The maximum atomic E-state index is 14.4. The SMILES string of the molecule is CN1CCN(CC2CCCCCCC2(O)Cc2c(F)cccc2Cl)CC1.CN1CCN(CC2CCCCCCC2(O)Cc2ccc(Cl)cc2)CC1. The average molecular weight is 748 g/mol. The molecule has 4 unspecified atom stereocenters. The number of rotatable bonds is 8. The molecular formula is C42H65Cl2FN4O2. The third-order valence-corrected chi connectivity index (χ3v) is 13.1. The molecule has 2 aliphatic carbocycles. The second-order valence-corrected chi connectivity index (χ2v) is 17.2. The summed E-state index contributed by atoms with van der Waals surface area (Å²) < 4.78 is 14.4. The van der Waals surface area contributed by atoms with Crippen LogP contribution in [0.2, 0.25) is 10.0 Å². The fraction of sp³-hybridized carbons (Fsp3) is 0.714. The predicted molar refractivity (Wildman–Crippen MR) is 210 cm³/mol. The van der Waals surface area contributed by atoms with Crippen LogP contribution in [0.4, 0.5) is 4.39 Å². The number of nitrogens with zero attached hydrogens (tertiary/aromatic N) is 4. The van der Waals surface area contributed by atoms with Crippen molar-refractivity contribution in [1.29, 1.82) is 0 Å². The molecule has 2 saturated heterocycles. The Balaban J connectivity index is 0.000000198. The van der Waals surface area contributed by atoms with Crippen molar-refractivity contribution in [2.45, 2.75) is 101 Å². The van der Waals surface area contributed by atoms with E-state index in [2.05, 4.69) is 45.8 Å². The Hall–Kier alpha value is -1.29. The van der Waals surface area contributed by atoms with Gasteiger partial charge in [0, 0.05) is 106 Å². The molecule has 9 heteroatoms. The number of piperazine rings is 2. The van der Waals surface area contributed by atoms with Gasteiger partial charge in [0.1, 0.15) is 5.82 Å². The van der Waals surface area contributed by atoms with Gasteiger partial charge in [0.15, 0.2) is 0 Å². The van der Waals surface area contributed by atoms with Crippen molar-refractivity contribution in [3.63, 3.8) is 0 Å². The number of benzene rings is 2. The smallest absolute Gasteiger partial charge is 0.127 e. The minimum atomic E-state index is -0.879. The van der Waals surface area contributed by atoms with Crippen LogP contribution in [0, 0.1) is 17.7 Å². The highest BCUT2D eigenvalue weighted by Gasteiger charge is 2.40. The summed E-state index contributed by atoms with van der Waals surface area (Å²) in [6, 6.07) is 12.8. The summed E-state index contributed by atoms with van der Waals surface area (Å²) in [4.78, 5) is 9.79. The molecule has 286 valence electrons. The molecule has 0 spiro atoms. The average Bonchev–Trinajstić information content (AvgIpc) is 3.10. The highest BCUT2D eigenvalue weighted by molar-refractivity contribution is 6.31. The fourth-order valence-corrected chi connectivity index (χ4v) is 9.29. The van der Waals surface area contributed by atoms with E-state index < -0.39 is 11.2 Å². The van der Waals surface area contributed by atoms with Gasteiger partial charge in [0.2, 0.25) is 0 Å². The fourth-order valence-electron chi connectivity index (χ4n) is 8.93. The Bertz CT molecular complexity index is 1300. The molecule has 2 heterocycles. The molecule has 51 heavy (non-hydrogen) atoms. The summed E-state index contributed by atoms with van der Waals surface area (Å²) in [5.74, 6) is 0.236. The zero-order chi connectivity index (χ0) is 36.3. The number of hydrogen-bond acceptors (Lipinski definition) is 6. The van der Waals surface area contributed by atoms with Gasteiger partial charge < -0.3 is 29.8 Å². The Kier molecular flexibility index (Phi) is 15.9. The van der Waals surface area contributed by atoms with E-state index in [1.54, 1.807) is 12.1 Å². The van der Waals surface area contributed by atoms with E-state index in [4.69, 9.17) is 23.2 Å². The van der Waals surface area contributed by atoms with Gasteiger partial charge in [-0.3, -0.25) is 0 Å². The molecule has 4 aliphatic rings. The van der Waals surface area contributed by atoms with E-state index in [1.165, 1.54) is 37.3 Å². The third kappa shape index (κ3) is 12.4. The highest BCUT2D eigenvalue weighted by Crippen LogP contribution is 2.38. The van der Waals surface area contributed by atoms with Crippen LogP contribution in [0.5, 0.6) is 0 Å². The lowest BCUT2D eigenvalue weighted by atomic mass is 9.74. The van der Waals surface area contributed by atoms with Crippen molar-refractivity contribution in [3.8, 4) is 0 Å². The summed E-state index contributed by atoms with van der Waals surface area (Å²) in [6.07, 6.45) is 14.4. The number of aliphatic hydroxyl groups is 2. The van der Waals surface area contributed by atoms with Crippen molar-refractivity contribution in [1.82, 2.24) is 19.6 Å². The maximum Gasteiger partial charge on any atom is 0.127 e. The lowest BCUT2D eigenvalue weighted by Crippen LogP contribution is -2.51. The van der Waals surface area contributed by atoms with Gasteiger partial charge in [-0.1, -0.05) is 92.8 Å². The van der Waals surface area contributed by atoms with Crippen LogP contribution in [-0.2, 0) is 12.8 Å². The van der Waals surface area contributed by atoms with Crippen LogP contribution in [0.25, 0.3) is 0 Å². The van der Waals surface area contributed by atoms with E-state index in [-0.39, 0.29) is 11.7 Å². The molecule has 6 rings (SSSR count). The van der Waals surface area contributed by atoms with Crippen LogP contribution in [0.3, 0.4) is 0 Å². The van der Waals surface area contributed by atoms with Crippen molar-refractivity contribution in [2.24, 2.45) is 11.8 Å². The molecule has 2 N–H and O–H groups in total. The largest absolute Gasteiger partial charge is 0.389 e. The zero-order valence-electron chi connectivity index (χ0n) is 31.5. The van der Waals surface area contributed by atoms with Gasteiger partial charge >= 0.3 is 0 Å². The summed E-state index contributed by atoms with van der Waals surface area (Å²) in [7, 11) is 4.35. The second kappa shape index (κ2) is 19.9. The quantitative estimate of drug-likeness (QED) is 0.288. The topological polar surface area (TPSA) is 53.4 Å². The van der Waals surface area contributed by atoms with Crippen LogP contribution in [0.1, 0.15) is 88.2 Å². The maximum absolute atomic E-state index is 14.4. The van der Waals surface area contributed by atoms with Gasteiger partial charge in [0.05, 0.1) is 11.2 Å². The molecule has 2 aromatic rings. The van der Waals surface area contributed by atoms with Crippen LogP contribution in [-0.4, -0.2) is 121 Å². The Morgan fingerprint density at radius 3 is 1.59 bits per heavy atom. The van der Waals surface area contributed by atoms with E-state index in [0.717, 1.165) is 128 Å². The van der Waals surface area contributed by atoms with Gasteiger partial charge in [-0.15, -0.1) is 0 Å². The first-order valence-corrected chi connectivity index (χ1v) is 20.7. The molecule has 4 fully saturated rings. The second-order valence-electron chi connectivity index (χ2n) is 16.4. The summed E-state index contributed by atoms with van der Waals surface area (Å²) in [6.45, 7) is 10.7. The molecule has 2 aliphatic heterocycles. The van der Waals surface area contributed by atoms with E-state index in [1.807, 2.05) is 12.1 Å². The van der Waals surface area contributed by atoms with E-state index in [9.17, 15) is 14.6 Å². The Morgan fingerprint density at radius 2 is 1.10 bits per heavy atom. The van der Waals surface area contributed by atoms with Crippen molar-refractivity contribution in [2.75, 3.05) is 79.5 Å². The molecule has 6 nitrogen and oxygen atoms in total. The van der Waals surface area contributed by atoms with Crippen molar-refractivity contribution >= 4 is 23.2 Å². The number of halogens is 3. The number of hydrogen-bond donors (Lipinski definition) is 2. The minimum absolute atomic E-state index is 0.168. The number of likely N-dealkylation sites (N-methyl/N-ethyl adjacent to an activating group) is 2. The third-order valence-electron chi connectivity index (χ3n) is 12.5. The standard InChI is InChI=1S/C21H32ClFN2O.C21H33ClN2O/c1-24-11-13-25(14-12-24)16-17-7-4-2-3-5-10-21(17,26)15-18-19(22)8-6-9-20(18)23;1-23-12-14-24(15-13-23)17-19-6-4-2-3-5-11-21(19,25)16-18-7-9-20(22)10-8-18/h6,8-9,17,26H,2-5,7,10-16H2,1H3;7-10,19,25H,2-6,11-17H2,1H3. The summed E-state index contributed by atoms with van der Waals surface area (Å²) in [5, 5.41) is 24.5. The Labute approximate surface area is 318 Å². The predicted octanol–water partition coefficient (Wildman–Crippen LogP) is 7.80. The first-order chi connectivity index (χ1) is 24.5. The molecule has 2 saturated carbocycles. The zero-order valence-corrected chi connectivity index (χ0v) is 33.0. The highest BCUT2D eigenvalue weighted by atomic mass is 35.5. The molecule has 0 radical (unpaired) electrons. The Morgan fingerprint density at radius 1 is 0.627 bits per heavy atom. The van der Waals surface area contributed by atoms with Crippen LogP contribution in [0.15, 0.2) is 42.5 Å². The first kappa shape index (κ1) is 40.9. The molecule has 4 atom stereocenters. The molecular weight excluding hydrogens is 682 g/mol. The normalized spacial score (nSPS) is 29.6. The van der Waals surface area contributed by atoms with Gasteiger partial charge in [-0.05, 0) is 69.6 Å². The van der Waals surface area contributed by atoms with E-state index >= 15 is 0 Å². The summed E-state index contributed by atoms with van der Waals surface area (Å²) >= 11 is 12.3. The molecule has 0 bridgehead atoms. The van der Waals surface area contributed by atoms with Gasteiger partial charge in [-0.2, -0.15) is 0 Å². The van der Waals surface area contributed by atoms with Crippen LogP contribution < -0.4 is 0 Å². The summed E-state index contributed by atoms with van der Waals surface area (Å²) in [5.41, 5.74) is 0.212. The lowest BCUT2D eigenvalue weighted by molar-refractivity contribution is -0.0518. The molecule has 0 aromatic heterocycles. The molecule has 0 amide bonds. The van der Waals surface area contributed by atoms with Crippen LogP contribution >= 0.6 is 23.2 Å². The lowest BCUT2D eigenvalue weighted by Gasteiger charge is -2.42. The van der Waals surface area contributed by atoms with Gasteiger partial charge in [-0.25, -0.2) is 4.39 Å². The van der Waals surface area contributed by atoms with Gasteiger partial charge in [0.25, 0.3) is 0 Å². The first-order valence-electron chi connectivity index (χ1n) is 20.0. The van der Waals surface area contributed by atoms with Crippen molar-refractivity contribution in [3.05, 3.63) is 69.5 Å². The minimum Gasteiger partial charge on any atom is -0.389 e. The van der Waals surface area contributed by atoms with Crippen molar-refractivity contribution < 1.29 is 14.6 Å². The monoisotopic (exact) mass is 746 g/mol. The van der Waals surface area contributed by atoms with E-state index in [0.29, 0.717) is 22.9 Å². The molecule has 2 aromatic carbocycles.